The van der Waals surface area contributed by atoms with Crippen molar-refractivity contribution in [3.8, 4) is 0 Å². The third-order valence-corrected chi connectivity index (χ3v) is 2.84. The Kier molecular flexibility index (Phi) is 5.68. The fraction of sp³-hybridized carbons (Fsp3) is 0.438. The molecule has 0 fully saturated rings. The van der Waals surface area contributed by atoms with E-state index in [-0.39, 0.29) is 5.78 Å². The predicted molar refractivity (Wildman–Crippen MR) is 73.2 cm³/mol. The van der Waals surface area contributed by atoms with E-state index in [2.05, 4.69) is 26.8 Å². The van der Waals surface area contributed by atoms with Crippen LogP contribution in [0.15, 0.2) is 42.0 Å². The molecule has 0 aliphatic heterocycles. The number of Topliss-reactive ketones (excluding diaryl/α,β-unsaturated/α-hetero) is 1. The van der Waals surface area contributed by atoms with Crippen LogP contribution in [-0.2, 0) is 0 Å². The van der Waals surface area contributed by atoms with Gasteiger partial charge in [0.25, 0.3) is 0 Å². The number of carbonyl (C=O) groups excluding carboxylic acids is 1. The Morgan fingerprint density at radius 1 is 1.24 bits per heavy atom. The van der Waals surface area contributed by atoms with E-state index in [1.54, 1.807) is 0 Å². The minimum Gasteiger partial charge on any atom is -0.294 e. The van der Waals surface area contributed by atoms with Crippen molar-refractivity contribution in [2.24, 2.45) is 5.92 Å². The molecule has 0 aliphatic rings. The van der Waals surface area contributed by atoms with Gasteiger partial charge in [0.05, 0.1) is 0 Å². The van der Waals surface area contributed by atoms with Gasteiger partial charge in [-0.15, -0.1) is 0 Å². The standard InChI is InChI=1S/C16H22O/c1-13(2)8-7-9-14(3)12-16(17)15-10-5-4-6-11-15/h4-6,8,10-11,14H,7,9,12H2,1-3H3/t14-/m1/s1. The van der Waals surface area contributed by atoms with Gasteiger partial charge in [-0.2, -0.15) is 0 Å². The zero-order valence-electron chi connectivity index (χ0n) is 11.1. The highest BCUT2D eigenvalue weighted by molar-refractivity contribution is 5.96. The number of hydrogen-bond donors (Lipinski definition) is 0. The van der Waals surface area contributed by atoms with Crippen LogP contribution in [0.5, 0.6) is 0 Å². The monoisotopic (exact) mass is 230 g/mol. The van der Waals surface area contributed by atoms with Gasteiger partial charge in [-0.3, -0.25) is 4.79 Å². The van der Waals surface area contributed by atoms with E-state index in [1.807, 2.05) is 30.3 Å². The van der Waals surface area contributed by atoms with Gasteiger partial charge < -0.3 is 0 Å². The normalized spacial score (nSPS) is 11.9. The maximum Gasteiger partial charge on any atom is 0.163 e. The molecule has 17 heavy (non-hydrogen) atoms. The smallest absolute Gasteiger partial charge is 0.163 e. The summed E-state index contributed by atoms with van der Waals surface area (Å²) in [5.41, 5.74) is 2.19. The molecule has 1 aromatic rings. The summed E-state index contributed by atoms with van der Waals surface area (Å²) in [6, 6.07) is 9.56. The lowest BCUT2D eigenvalue weighted by Crippen LogP contribution is -2.05. The Morgan fingerprint density at radius 3 is 2.47 bits per heavy atom. The van der Waals surface area contributed by atoms with E-state index in [1.165, 1.54) is 5.57 Å². The van der Waals surface area contributed by atoms with Crippen LogP contribution in [0.1, 0.15) is 50.4 Å². The second-order valence-electron chi connectivity index (χ2n) is 4.96. The fourth-order valence-electron chi connectivity index (χ4n) is 1.82. The highest BCUT2D eigenvalue weighted by atomic mass is 16.1. The molecule has 0 saturated heterocycles. The predicted octanol–water partition coefficient (Wildman–Crippen LogP) is 4.64. The molecular weight excluding hydrogens is 208 g/mol. The molecule has 0 amide bonds. The van der Waals surface area contributed by atoms with Crippen molar-refractivity contribution in [3.63, 3.8) is 0 Å². The van der Waals surface area contributed by atoms with Crippen LogP contribution in [0.2, 0.25) is 0 Å². The minimum absolute atomic E-state index is 0.260. The van der Waals surface area contributed by atoms with Crippen LogP contribution in [0.3, 0.4) is 0 Å². The quantitative estimate of drug-likeness (QED) is 0.514. The molecule has 1 atom stereocenters. The molecule has 0 radical (unpaired) electrons. The number of allylic oxidation sites excluding steroid dienone is 2. The third kappa shape index (κ3) is 5.48. The SMILES string of the molecule is CC(C)=CCC[C@@H](C)CC(=O)c1ccccc1. The van der Waals surface area contributed by atoms with Crippen molar-refractivity contribution in [2.45, 2.75) is 40.0 Å². The zero-order valence-corrected chi connectivity index (χ0v) is 11.1. The van der Waals surface area contributed by atoms with Crippen LogP contribution in [0.25, 0.3) is 0 Å². The third-order valence-electron chi connectivity index (χ3n) is 2.84. The lowest BCUT2D eigenvalue weighted by Gasteiger charge is -2.09. The van der Waals surface area contributed by atoms with Crippen molar-refractivity contribution in [3.05, 3.63) is 47.5 Å². The maximum absolute atomic E-state index is 11.9. The van der Waals surface area contributed by atoms with Crippen molar-refractivity contribution < 1.29 is 4.79 Å². The minimum atomic E-state index is 0.260. The van der Waals surface area contributed by atoms with E-state index in [0.29, 0.717) is 12.3 Å². The van der Waals surface area contributed by atoms with E-state index >= 15 is 0 Å². The summed E-state index contributed by atoms with van der Waals surface area (Å²) in [4.78, 5) is 11.9. The second kappa shape index (κ2) is 7.05. The molecule has 0 saturated carbocycles. The first-order valence-electron chi connectivity index (χ1n) is 6.31. The number of rotatable bonds is 6. The topological polar surface area (TPSA) is 17.1 Å². The summed E-state index contributed by atoms with van der Waals surface area (Å²) >= 11 is 0. The van der Waals surface area contributed by atoms with Crippen molar-refractivity contribution in [1.82, 2.24) is 0 Å². The van der Waals surface area contributed by atoms with Gasteiger partial charge in [-0.25, -0.2) is 0 Å². The van der Waals surface area contributed by atoms with Crippen LogP contribution < -0.4 is 0 Å². The van der Waals surface area contributed by atoms with Crippen molar-refractivity contribution in [2.75, 3.05) is 0 Å². The molecule has 0 unspecified atom stereocenters. The average molecular weight is 230 g/mol. The summed E-state index contributed by atoms with van der Waals surface area (Å²) in [6.07, 6.45) is 5.05. The van der Waals surface area contributed by atoms with Crippen molar-refractivity contribution >= 4 is 5.78 Å². The summed E-state index contributed by atoms with van der Waals surface area (Å²) in [7, 11) is 0. The van der Waals surface area contributed by atoms with Crippen LogP contribution in [0.4, 0.5) is 0 Å². The van der Waals surface area contributed by atoms with Crippen LogP contribution in [0, 0.1) is 5.92 Å². The summed E-state index contributed by atoms with van der Waals surface area (Å²) in [6.45, 7) is 6.37. The molecule has 92 valence electrons. The molecule has 1 rings (SSSR count). The van der Waals surface area contributed by atoms with Crippen molar-refractivity contribution in [1.29, 1.82) is 0 Å². The lowest BCUT2D eigenvalue weighted by atomic mass is 9.95. The molecule has 0 spiro atoms. The number of benzene rings is 1. The molecule has 1 nitrogen and oxygen atoms in total. The Bertz CT molecular complexity index is 372. The van der Waals surface area contributed by atoms with Gasteiger partial charge in [-0.05, 0) is 32.6 Å². The van der Waals surface area contributed by atoms with E-state index < -0.39 is 0 Å². The first-order valence-corrected chi connectivity index (χ1v) is 6.31. The summed E-state index contributed by atoms with van der Waals surface area (Å²) < 4.78 is 0. The molecule has 1 aromatic carbocycles. The molecular formula is C16H22O. The molecule has 1 heteroatoms. The van der Waals surface area contributed by atoms with E-state index in [9.17, 15) is 4.79 Å². The van der Waals surface area contributed by atoms with Gasteiger partial charge in [0.2, 0.25) is 0 Å². The first-order chi connectivity index (χ1) is 8.09. The Labute approximate surface area is 105 Å². The largest absolute Gasteiger partial charge is 0.294 e. The molecule has 0 heterocycles. The Hall–Kier alpha value is -1.37. The van der Waals surface area contributed by atoms with E-state index in [0.717, 1.165) is 18.4 Å². The number of ketones is 1. The average Bonchev–Trinajstić information content (AvgIpc) is 2.29. The zero-order chi connectivity index (χ0) is 12.7. The van der Waals surface area contributed by atoms with Crippen LogP contribution in [-0.4, -0.2) is 5.78 Å². The summed E-state index contributed by atoms with van der Waals surface area (Å²) in [5, 5.41) is 0. The van der Waals surface area contributed by atoms with Gasteiger partial charge in [0.15, 0.2) is 5.78 Å². The summed E-state index contributed by atoms with van der Waals surface area (Å²) in [5.74, 6) is 0.716. The first kappa shape index (κ1) is 13.7. The fourth-order valence-corrected chi connectivity index (χ4v) is 1.82. The van der Waals surface area contributed by atoms with E-state index in [4.69, 9.17) is 0 Å². The highest BCUT2D eigenvalue weighted by Crippen LogP contribution is 2.15. The molecule has 0 aromatic heterocycles. The number of hydrogen-bond acceptors (Lipinski definition) is 1. The van der Waals surface area contributed by atoms with Gasteiger partial charge in [0.1, 0.15) is 0 Å². The molecule has 0 aliphatic carbocycles. The van der Waals surface area contributed by atoms with Gasteiger partial charge in [0, 0.05) is 12.0 Å². The maximum atomic E-state index is 11.9. The lowest BCUT2D eigenvalue weighted by molar-refractivity contribution is 0.0963. The molecule has 0 bridgehead atoms. The second-order valence-corrected chi connectivity index (χ2v) is 4.96. The number of carbonyl (C=O) groups is 1. The van der Waals surface area contributed by atoms with Crippen LogP contribution >= 0.6 is 0 Å². The van der Waals surface area contributed by atoms with Gasteiger partial charge in [-0.1, -0.05) is 48.9 Å². The Balaban J connectivity index is 2.39. The molecule has 0 N–H and O–H groups in total. The van der Waals surface area contributed by atoms with Gasteiger partial charge >= 0.3 is 0 Å². The Morgan fingerprint density at radius 2 is 1.88 bits per heavy atom. The highest BCUT2D eigenvalue weighted by Gasteiger charge is 2.10.